The summed E-state index contributed by atoms with van der Waals surface area (Å²) in [4.78, 5) is 4.33. The minimum Gasteiger partial charge on any atom is -0.496 e. The van der Waals surface area contributed by atoms with Crippen LogP contribution in [0.1, 0.15) is 11.1 Å². The average Bonchev–Trinajstić information content (AvgIpc) is 2.48. The third-order valence-electron chi connectivity index (χ3n) is 2.97. The Labute approximate surface area is 156 Å². The molecule has 4 nitrogen and oxygen atoms in total. The number of rotatable bonds is 4. The average molecular weight is 476 g/mol. The van der Waals surface area contributed by atoms with Crippen molar-refractivity contribution in [3.63, 3.8) is 0 Å². The molecule has 2 aromatic rings. The molecule has 3 N–H and O–H groups in total. The zero-order chi connectivity index (χ0) is 15.2. The molecule has 0 amide bonds. The highest BCUT2D eigenvalue weighted by molar-refractivity contribution is 14.0. The van der Waals surface area contributed by atoms with Crippen LogP contribution in [0.15, 0.2) is 51.9 Å². The summed E-state index contributed by atoms with van der Waals surface area (Å²) in [5, 5.41) is 3.07. The number of hydrogen-bond acceptors (Lipinski definition) is 2. The second-order valence-electron chi connectivity index (χ2n) is 4.66. The van der Waals surface area contributed by atoms with E-state index in [-0.39, 0.29) is 24.0 Å². The van der Waals surface area contributed by atoms with Crippen molar-refractivity contribution in [1.29, 1.82) is 0 Å². The number of guanidine groups is 1. The largest absolute Gasteiger partial charge is 0.496 e. The minimum absolute atomic E-state index is 0. The number of ether oxygens (including phenoxy) is 1. The van der Waals surface area contributed by atoms with Gasteiger partial charge in [0.2, 0.25) is 0 Å². The van der Waals surface area contributed by atoms with Gasteiger partial charge in [-0.3, -0.25) is 0 Å². The van der Waals surface area contributed by atoms with Gasteiger partial charge in [-0.2, -0.15) is 0 Å². The SMILES string of the molecule is COc1ccc(CN=C(N)Nc2ccc(C)cc2)cc1Br.I. The lowest BCUT2D eigenvalue weighted by atomic mass is 10.2. The van der Waals surface area contributed by atoms with Crippen LogP contribution in [0.2, 0.25) is 0 Å². The second kappa shape index (κ2) is 8.99. The first-order valence-electron chi connectivity index (χ1n) is 6.54. The Balaban J connectivity index is 0.00000242. The first-order chi connectivity index (χ1) is 10.1. The molecule has 22 heavy (non-hydrogen) atoms. The lowest BCUT2D eigenvalue weighted by Crippen LogP contribution is -2.22. The van der Waals surface area contributed by atoms with Crippen molar-refractivity contribution in [3.05, 3.63) is 58.1 Å². The number of aliphatic imine (C=N–C) groups is 1. The molecular formula is C16H19BrIN3O. The smallest absolute Gasteiger partial charge is 0.193 e. The van der Waals surface area contributed by atoms with Crippen LogP contribution >= 0.6 is 39.9 Å². The normalized spacial score (nSPS) is 10.8. The highest BCUT2D eigenvalue weighted by atomic mass is 127. The number of halogens is 2. The lowest BCUT2D eigenvalue weighted by molar-refractivity contribution is 0.412. The lowest BCUT2D eigenvalue weighted by Gasteiger charge is -2.07. The molecule has 0 aliphatic carbocycles. The monoisotopic (exact) mass is 475 g/mol. The van der Waals surface area contributed by atoms with E-state index in [1.165, 1.54) is 5.56 Å². The summed E-state index contributed by atoms with van der Waals surface area (Å²) in [5.74, 6) is 1.19. The van der Waals surface area contributed by atoms with Crippen LogP contribution < -0.4 is 15.8 Å². The number of aryl methyl sites for hydroxylation is 1. The molecule has 118 valence electrons. The Bertz CT molecular complexity index is 644. The number of benzene rings is 2. The van der Waals surface area contributed by atoms with Gasteiger partial charge in [-0.05, 0) is 52.7 Å². The summed E-state index contributed by atoms with van der Waals surface area (Å²) in [6.45, 7) is 2.55. The van der Waals surface area contributed by atoms with Crippen LogP contribution in [0.4, 0.5) is 5.69 Å². The number of nitrogens with two attached hydrogens (primary N) is 1. The second-order valence-corrected chi connectivity index (χ2v) is 5.52. The predicted molar refractivity (Wildman–Crippen MR) is 106 cm³/mol. The fraction of sp³-hybridized carbons (Fsp3) is 0.188. The highest BCUT2D eigenvalue weighted by Crippen LogP contribution is 2.25. The summed E-state index contributed by atoms with van der Waals surface area (Å²) in [6.07, 6.45) is 0. The van der Waals surface area contributed by atoms with Crippen molar-refractivity contribution in [2.75, 3.05) is 12.4 Å². The maximum absolute atomic E-state index is 5.89. The Kier molecular flexibility index (Phi) is 7.67. The van der Waals surface area contributed by atoms with Crippen LogP contribution in [-0.2, 0) is 6.54 Å². The molecule has 0 saturated carbocycles. The predicted octanol–water partition coefficient (Wildman–Crippen LogP) is 4.31. The van der Waals surface area contributed by atoms with Crippen molar-refractivity contribution >= 4 is 51.6 Å². The third-order valence-corrected chi connectivity index (χ3v) is 3.59. The summed E-state index contributed by atoms with van der Waals surface area (Å²) in [5.41, 5.74) is 9.08. The van der Waals surface area contributed by atoms with Crippen molar-refractivity contribution < 1.29 is 4.74 Å². The molecule has 0 saturated heterocycles. The number of anilines is 1. The summed E-state index contributed by atoms with van der Waals surface area (Å²) >= 11 is 3.45. The van der Waals surface area contributed by atoms with Crippen molar-refractivity contribution in [1.82, 2.24) is 0 Å². The molecule has 0 bridgehead atoms. The van der Waals surface area contributed by atoms with E-state index in [1.54, 1.807) is 7.11 Å². The zero-order valence-corrected chi connectivity index (χ0v) is 16.4. The van der Waals surface area contributed by atoms with Gasteiger partial charge in [0, 0.05) is 5.69 Å². The zero-order valence-electron chi connectivity index (χ0n) is 12.5. The Hall–Kier alpha value is -1.28. The Morgan fingerprint density at radius 1 is 1.23 bits per heavy atom. The first kappa shape index (κ1) is 18.8. The van der Waals surface area contributed by atoms with Gasteiger partial charge in [-0.25, -0.2) is 4.99 Å². The number of nitrogens with zero attached hydrogens (tertiary/aromatic N) is 1. The summed E-state index contributed by atoms with van der Waals surface area (Å²) in [7, 11) is 1.64. The van der Waals surface area contributed by atoms with Crippen molar-refractivity contribution in [2.24, 2.45) is 10.7 Å². The van der Waals surface area contributed by atoms with Crippen LogP contribution in [0.25, 0.3) is 0 Å². The molecular weight excluding hydrogens is 457 g/mol. The molecule has 2 aromatic carbocycles. The molecule has 0 heterocycles. The van der Waals surface area contributed by atoms with E-state index in [1.807, 2.05) is 49.4 Å². The van der Waals surface area contributed by atoms with E-state index in [9.17, 15) is 0 Å². The molecule has 6 heteroatoms. The van der Waals surface area contributed by atoms with E-state index < -0.39 is 0 Å². The highest BCUT2D eigenvalue weighted by Gasteiger charge is 2.01. The van der Waals surface area contributed by atoms with Crippen LogP contribution in [0, 0.1) is 6.92 Å². The standard InChI is InChI=1S/C16H18BrN3O.HI/c1-11-3-6-13(7-4-11)20-16(18)19-10-12-5-8-15(21-2)14(17)9-12;/h3-9H,10H2,1-2H3,(H3,18,19,20);1H. The Morgan fingerprint density at radius 3 is 2.50 bits per heavy atom. The molecule has 0 fully saturated rings. The van der Waals surface area contributed by atoms with E-state index >= 15 is 0 Å². The van der Waals surface area contributed by atoms with Crippen LogP contribution in [0.3, 0.4) is 0 Å². The maximum atomic E-state index is 5.89. The minimum atomic E-state index is 0. The van der Waals surface area contributed by atoms with Gasteiger partial charge in [0.05, 0.1) is 18.1 Å². The number of methoxy groups -OCH3 is 1. The quantitative estimate of drug-likeness (QED) is 0.393. The topological polar surface area (TPSA) is 59.6 Å². The molecule has 0 aliphatic rings. The van der Waals surface area contributed by atoms with Gasteiger partial charge < -0.3 is 15.8 Å². The van der Waals surface area contributed by atoms with Gasteiger partial charge in [0.1, 0.15) is 5.75 Å². The van der Waals surface area contributed by atoms with E-state index in [4.69, 9.17) is 10.5 Å². The first-order valence-corrected chi connectivity index (χ1v) is 7.34. The van der Waals surface area contributed by atoms with Gasteiger partial charge >= 0.3 is 0 Å². The number of hydrogen-bond donors (Lipinski definition) is 2. The summed E-state index contributed by atoms with van der Waals surface area (Å²) in [6, 6.07) is 13.8. The van der Waals surface area contributed by atoms with Crippen LogP contribution in [-0.4, -0.2) is 13.1 Å². The molecule has 0 aromatic heterocycles. The molecule has 0 radical (unpaired) electrons. The van der Waals surface area contributed by atoms with E-state index in [0.29, 0.717) is 12.5 Å². The van der Waals surface area contributed by atoms with Crippen LogP contribution in [0.5, 0.6) is 5.75 Å². The van der Waals surface area contributed by atoms with E-state index in [2.05, 4.69) is 26.2 Å². The molecule has 0 unspecified atom stereocenters. The number of nitrogens with one attached hydrogen (secondary N) is 1. The van der Waals surface area contributed by atoms with Gasteiger partial charge in [0.25, 0.3) is 0 Å². The molecule has 0 atom stereocenters. The fourth-order valence-corrected chi connectivity index (χ4v) is 2.40. The van der Waals surface area contributed by atoms with Gasteiger partial charge in [0.15, 0.2) is 5.96 Å². The van der Waals surface area contributed by atoms with Gasteiger partial charge in [-0.15, -0.1) is 24.0 Å². The summed E-state index contributed by atoms with van der Waals surface area (Å²) < 4.78 is 6.10. The van der Waals surface area contributed by atoms with Crippen molar-refractivity contribution in [2.45, 2.75) is 13.5 Å². The third kappa shape index (κ3) is 5.49. The van der Waals surface area contributed by atoms with Gasteiger partial charge in [-0.1, -0.05) is 23.8 Å². The van der Waals surface area contributed by atoms with Crippen molar-refractivity contribution in [3.8, 4) is 5.75 Å². The van der Waals surface area contributed by atoms with E-state index in [0.717, 1.165) is 21.5 Å². The fourth-order valence-electron chi connectivity index (χ4n) is 1.81. The molecule has 2 rings (SSSR count). The Morgan fingerprint density at radius 2 is 1.91 bits per heavy atom. The molecule has 0 spiro atoms. The maximum Gasteiger partial charge on any atom is 0.193 e. The molecule has 0 aliphatic heterocycles.